The molecule has 1 amide bonds. The number of esters is 1. The first-order valence-electron chi connectivity index (χ1n) is 6.19. The smallest absolute Gasteiger partial charge is 0.408 e. The van der Waals surface area contributed by atoms with Crippen molar-refractivity contribution in [2.24, 2.45) is 0 Å². The van der Waals surface area contributed by atoms with E-state index in [-0.39, 0.29) is 0 Å². The van der Waals surface area contributed by atoms with E-state index in [1.165, 1.54) is 0 Å². The molecule has 128 valence electrons. The van der Waals surface area contributed by atoms with Crippen LogP contribution in [-0.2, 0) is 14.3 Å². The predicted octanol–water partition coefficient (Wildman–Crippen LogP) is 4.31. The van der Waals surface area contributed by atoms with Gasteiger partial charge in [-0.25, -0.2) is 9.59 Å². The molecule has 0 aromatic carbocycles. The van der Waals surface area contributed by atoms with Gasteiger partial charge in [-0.15, -0.1) is 0 Å². The molecule has 1 aliphatic carbocycles. The SMILES string of the molecule is O=C(NC1(C(=O)OCC(Cl)(Cl)Cl)CCCC1)OCC(Cl)(Cl)Cl. The lowest BCUT2D eigenvalue weighted by atomic mass is 9.98. The fraction of sp³-hybridized carbons (Fsp3) is 0.818. The van der Waals surface area contributed by atoms with E-state index in [0.29, 0.717) is 12.8 Å². The van der Waals surface area contributed by atoms with Crippen molar-refractivity contribution in [3.05, 3.63) is 0 Å². The lowest BCUT2D eigenvalue weighted by molar-refractivity contribution is -0.151. The van der Waals surface area contributed by atoms with Gasteiger partial charge in [-0.05, 0) is 12.8 Å². The van der Waals surface area contributed by atoms with Gasteiger partial charge in [0.15, 0.2) is 0 Å². The van der Waals surface area contributed by atoms with E-state index >= 15 is 0 Å². The van der Waals surface area contributed by atoms with E-state index < -0.39 is 38.4 Å². The van der Waals surface area contributed by atoms with E-state index in [1.54, 1.807) is 0 Å². The van der Waals surface area contributed by atoms with Gasteiger partial charge < -0.3 is 14.8 Å². The van der Waals surface area contributed by atoms with Gasteiger partial charge in [-0.1, -0.05) is 82.4 Å². The Hall–Kier alpha value is 0.480. The van der Waals surface area contributed by atoms with Crippen molar-refractivity contribution in [2.75, 3.05) is 13.2 Å². The standard InChI is InChI=1S/C11H13Cl6NO4/c12-10(13,14)5-21-7(19)9(3-1-2-4-9)18-8(20)22-6-11(15,16)17/h1-6H2,(H,18,20). The summed E-state index contributed by atoms with van der Waals surface area (Å²) in [5.74, 6) is -0.692. The highest BCUT2D eigenvalue weighted by molar-refractivity contribution is 6.68. The highest BCUT2D eigenvalue weighted by Gasteiger charge is 2.45. The molecule has 0 saturated heterocycles. The van der Waals surface area contributed by atoms with E-state index in [0.717, 1.165) is 12.8 Å². The number of halogens is 6. The van der Waals surface area contributed by atoms with E-state index in [4.69, 9.17) is 79.1 Å². The molecule has 0 bridgehead atoms. The van der Waals surface area contributed by atoms with Crippen LogP contribution >= 0.6 is 69.6 Å². The zero-order valence-corrected chi connectivity index (χ0v) is 15.7. The molecular weight excluding hydrogens is 423 g/mol. The maximum atomic E-state index is 12.2. The van der Waals surface area contributed by atoms with Crippen molar-refractivity contribution in [3.63, 3.8) is 0 Å². The van der Waals surface area contributed by atoms with Crippen LogP contribution in [0.4, 0.5) is 4.79 Å². The van der Waals surface area contributed by atoms with Crippen LogP contribution in [0, 0.1) is 0 Å². The first-order valence-corrected chi connectivity index (χ1v) is 8.46. The molecule has 22 heavy (non-hydrogen) atoms. The highest BCUT2D eigenvalue weighted by atomic mass is 35.6. The molecule has 1 aliphatic rings. The average Bonchev–Trinajstić information content (AvgIpc) is 2.81. The second kappa shape index (κ2) is 8.04. The van der Waals surface area contributed by atoms with Crippen LogP contribution in [0.2, 0.25) is 0 Å². The summed E-state index contributed by atoms with van der Waals surface area (Å²) in [6.07, 6.45) is 1.34. The number of carbonyl (C=O) groups is 2. The summed E-state index contributed by atoms with van der Waals surface area (Å²) >= 11 is 33.0. The fourth-order valence-corrected chi connectivity index (χ4v) is 2.35. The number of hydrogen-bond acceptors (Lipinski definition) is 4. The van der Waals surface area contributed by atoms with Crippen molar-refractivity contribution in [3.8, 4) is 0 Å². The Morgan fingerprint density at radius 3 is 1.82 bits per heavy atom. The topological polar surface area (TPSA) is 64.6 Å². The van der Waals surface area contributed by atoms with E-state index in [1.807, 2.05) is 0 Å². The molecule has 0 aromatic rings. The predicted molar refractivity (Wildman–Crippen MR) is 87.2 cm³/mol. The lowest BCUT2D eigenvalue weighted by Gasteiger charge is -2.28. The number of amides is 1. The van der Waals surface area contributed by atoms with E-state index in [2.05, 4.69) is 5.32 Å². The van der Waals surface area contributed by atoms with Crippen LogP contribution in [0.15, 0.2) is 0 Å². The largest absolute Gasteiger partial charge is 0.459 e. The van der Waals surface area contributed by atoms with Crippen LogP contribution in [-0.4, -0.2) is 38.4 Å². The molecule has 5 nitrogen and oxygen atoms in total. The zero-order valence-electron chi connectivity index (χ0n) is 11.1. The second-order valence-corrected chi connectivity index (χ2v) is 9.83. The summed E-state index contributed by atoms with van der Waals surface area (Å²) in [6.45, 7) is -0.883. The number of rotatable bonds is 4. The minimum absolute atomic E-state index is 0.383. The van der Waals surface area contributed by atoms with Gasteiger partial charge in [0.25, 0.3) is 0 Å². The monoisotopic (exact) mass is 433 g/mol. The minimum Gasteiger partial charge on any atom is -0.459 e. The third-order valence-corrected chi connectivity index (χ3v) is 3.58. The molecule has 1 saturated carbocycles. The molecule has 1 N–H and O–H groups in total. The van der Waals surface area contributed by atoms with Crippen molar-refractivity contribution in [2.45, 2.75) is 38.8 Å². The molecular formula is C11H13Cl6NO4. The number of alkyl halides is 6. The first-order chi connectivity index (χ1) is 9.94. The number of ether oxygens (including phenoxy) is 2. The van der Waals surface area contributed by atoms with Crippen LogP contribution in [0.5, 0.6) is 0 Å². The maximum Gasteiger partial charge on any atom is 0.408 e. The van der Waals surface area contributed by atoms with Crippen molar-refractivity contribution < 1.29 is 19.1 Å². The number of alkyl carbamates (subject to hydrolysis) is 1. The van der Waals surface area contributed by atoms with Crippen LogP contribution in [0.25, 0.3) is 0 Å². The Morgan fingerprint density at radius 1 is 0.909 bits per heavy atom. The summed E-state index contributed by atoms with van der Waals surface area (Å²) < 4.78 is 6.24. The van der Waals surface area contributed by atoms with Gasteiger partial charge >= 0.3 is 12.1 Å². The van der Waals surface area contributed by atoms with Crippen molar-refractivity contribution in [1.29, 1.82) is 0 Å². The number of nitrogens with one attached hydrogen (secondary N) is 1. The number of carbonyl (C=O) groups excluding carboxylic acids is 2. The lowest BCUT2D eigenvalue weighted by Crippen LogP contribution is -2.54. The fourth-order valence-electron chi connectivity index (χ4n) is 2.02. The van der Waals surface area contributed by atoms with E-state index in [9.17, 15) is 9.59 Å². The summed E-state index contributed by atoms with van der Waals surface area (Å²) in [5, 5.41) is 2.46. The number of hydrogen-bond donors (Lipinski definition) is 1. The Labute approximate surface area is 157 Å². The van der Waals surface area contributed by atoms with Crippen LogP contribution < -0.4 is 5.32 Å². The van der Waals surface area contributed by atoms with Gasteiger partial charge in [0.2, 0.25) is 7.59 Å². The molecule has 1 rings (SSSR count). The molecule has 0 unspecified atom stereocenters. The molecule has 0 aromatic heterocycles. The molecule has 0 spiro atoms. The minimum atomic E-state index is -1.74. The maximum absolute atomic E-state index is 12.2. The van der Waals surface area contributed by atoms with Gasteiger partial charge in [0.1, 0.15) is 18.8 Å². The first kappa shape index (κ1) is 20.5. The third kappa shape index (κ3) is 7.37. The highest BCUT2D eigenvalue weighted by Crippen LogP contribution is 2.33. The Kier molecular flexibility index (Phi) is 7.50. The van der Waals surface area contributed by atoms with Gasteiger partial charge in [-0.3, -0.25) is 0 Å². The van der Waals surface area contributed by atoms with Gasteiger partial charge in [0, 0.05) is 0 Å². The zero-order chi connectivity index (χ0) is 17.0. The second-order valence-electron chi connectivity index (χ2n) is 4.80. The van der Waals surface area contributed by atoms with Crippen LogP contribution in [0.1, 0.15) is 25.7 Å². The molecule has 0 aliphatic heterocycles. The normalized spacial score (nSPS) is 17.9. The van der Waals surface area contributed by atoms with Gasteiger partial charge in [-0.2, -0.15) is 0 Å². The molecule has 1 fully saturated rings. The van der Waals surface area contributed by atoms with Gasteiger partial charge in [0.05, 0.1) is 0 Å². The Balaban J connectivity index is 2.63. The summed E-state index contributed by atoms with van der Waals surface area (Å²) in [6, 6.07) is 0. The molecule has 0 atom stereocenters. The Morgan fingerprint density at radius 2 is 1.36 bits per heavy atom. The molecule has 11 heteroatoms. The quantitative estimate of drug-likeness (QED) is 0.528. The van der Waals surface area contributed by atoms with Crippen molar-refractivity contribution >= 4 is 81.7 Å². The summed E-state index contributed by atoms with van der Waals surface area (Å²) in [4.78, 5) is 24.0. The van der Waals surface area contributed by atoms with Crippen molar-refractivity contribution in [1.82, 2.24) is 5.32 Å². The van der Waals surface area contributed by atoms with Crippen LogP contribution in [0.3, 0.4) is 0 Å². The molecule has 0 heterocycles. The average molecular weight is 436 g/mol. The third-order valence-electron chi connectivity index (χ3n) is 2.92. The Bertz CT molecular complexity index is 414. The summed E-state index contributed by atoms with van der Waals surface area (Å²) in [5.41, 5.74) is -1.22. The summed E-state index contributed by atoms with van der Waals surface area (Å²) in [7, 11) is 0. The molecule has 0 radical (unpaired) electrons.